The van der Waals surface area contributed by atoms with Crippen LogP contribution in [0.25, 0.3) is 0 Å². The summed E-state index contributed by atoms with van der Waals surface area (Å²) < 4.78 is 5.42. The first-order chi connectivity index (χ1) is 11.7. The molecule has 2 fully saturated rings. The Morgan fingerprint density at radius 2 is 1.96 bits per heavy atom. The fourth-order valence-corrected chi connectivity index (χ4v) is 3.65. The summed E-state index contributed by atoms with van der Waals surface area (Å²) in [6.07, 6.45) is -0.848. The molecule has 2 amide bonds. The van der Waals surface area contributed by atoms with Crippen molar-refractivity contribution in [3.8, 4) is 0 Å². The van der Waals surface area contributed by atoms with Gasteiger partial charge in [0.05, 0.1) is 0 Å². The van der Waals surface area contributed by atoms with Crippen LogP contribution in [-0.4, -0.2) is 58.2 Å². The monoisotopic (exact) mass is 346 g/mol. The van der Waals surface area contributed by atoms with Crippen LogP contribution in [-0.2, 0) is 16.1 Å². The molecule has 1 N–H and O–H groups in total. The van der Waals surface area contributed by atoms with E-state index in [9.17, 15) is 14.7 Å². The smallest absolute Gasteiger partial charge is 0.410 e. The lowest BCUT2D eigenvalue weighted by molar-refractivity contribution is -0.136. The zero-order valence-corrected chi connectivity index (χ0v) is 15.1. The average Bonchev–Trinajstić information content (AvgIpc) is 3.06. The molecule has 2 saturated heterocycles. The number of hydrogen-bond acceptors (Lipinski definition) is 4. The van der Waals surface area contributed by atoms with E-state index >= 15 is 0 Å². The molecule has 25 heavy (non-hydrogen) atoms. The number of carbonyl (C=O) groups is 2. The highest BCUT2D eigenvalue weighted by Gasteiger charge is 2.55. The number of carbonyl (C=O) groups excluding carboxylic acids is 2. The van der Waals surface area contributed by atoms with Crippen LogP contribution in [0.3, 0.4) is 0 Å². The molecule has 6 nitrogen and oxygen atoms in total. The summed E-state index contributed by atoms with van der Waals surface area (Å²) in [7, 11) is 0. The van der Waals surface area contributed by atoms with Gasteiger partial charge < -0.3 is 19.6 Å². The van der Waals surface area contributed by atoms with E-state index in [2.05, 4.69) is 0 Å². The number of aliphatic hydroxyl groups excluding tert-OH is 1. The van der Waals surface area contributed by atoms with Crippen molar-refractivity contribution in [3.05, 3.63) is 35.9 Å². The predicted octanol–water partition coefficient (Wildman–Crippen LogP) is 2.02. The van der Waals surface area contributed by atoms with Gasteiger partial charge in [0.15, 0.2) is 0 Å². The quantitative estimate of drug-likeness (QED) is 0.889. The van der Waals surface area contributed by atoms with Crippen molar-refractivity contribution in [3.63, 3.8) is 0 Å². The third kappa shape index (κ3) is 3.63. The van der Waals surface area contributed by atoms with Gasteiger partial charge in [-0.1, -0.05) is 30.3 Å². The second kappa shape index (κ2) is 6.33. The average molecular weight is 346 g/mol. The van der Waals surface area contributed by atoms with E-state index in [0.717, 1.165) is 5.56 Å². The Kier molecular flexibility index (Phi) is 4.49. The van der Waals surface area contributed by atoms with Crippen molar-refractivity contribution in [2.45, 2.75) is 45.4 Å². The minimum absolute atomic E-state index is 0.255. The molecule has 0 radical (unpaired) electrons. The van der Waals surface area contributed by atoms with E-state index in [1.807, 2.05) is 51.1 Å². The first-order valence-electron chi connectivity index (χ1n) is 8.69. The molecule has 1 spiro atoms. The van der Waals surface area contributed by atoms with Crippen molar-refractivity contribution in [1.29, 1.82) is 0 Å². The highest BCUT2D eigenvalue weighted by atomic mass is 16.6. The molecule has 2 heterocycles. The Labute approximate surface area is 148 Å². The van der Waals surface area contributed by atoms with Gasteiger partial charge in [-0.15, -0.1) is 0 Å². The summed E-state index contributed by atoms with van der Waals surface area (Å²) in [5, 5.41) is 10.6. The number of ether oxygens (including phenoxy) is 1. The van der Waals surface area contributed by atoms with Crippen LogP contribution in [0, 0.1) is 5.41 Å². The Bertz CT molecular complexity index is 655. The molecule has 0 aliphatic carbocycles. The lowest BCUT2D eigenvalue weighted by atomic mass is 9.84. The van der Waals surface area contributed by atoms with Gasteiger partial charge in [0.2, 0.25) is 0 Å². The molecule has 2 unspecified atom stereocenters. The Balaban J connectivity index is 1.68. The molecule has 136 valence electrons. The fraction of sp³-hybridized carbons (Fsp3) is 0.579. The number of nitrogens with zero attached hydrogens (tertiary/aromatic N) is 2. The minimum Gasteiger partial charge on any atom is -0.444 e. The van der Waals surface area contributed by atoms with E-state index in [0.29, 0.717) is 32.6 Å². The van der Waals surface area contributed by atoms with Crippen LogP contribution in [0.1, 0.15) is 32.8 Å². The number of likely N-dealkylation sites (tertiary alicyclic amines) is 2. The largest absolute Gasteiger partial charge is 0.444 e. The summed E-state index contributed by atoms with van der Waals surface area (Å²) in [6, 6.07) is 9.73. The van der Waals surface area contributed by atoms with Gasteiger partial charge in [0, 0.05) is 31.6 Å². The summed E-state index contributed by atoms with van der Waals surface area (Å²) in [5.74, 6) is -0.255. The Hall–Kier alpha value is -2.08. The molecule has 6 heteroatoms. The van der Waals surface area contributed by atoms with Crippen molar-refractivity contribution in [1.82, 2.24) is 9.80 Å². The summed E-state index contributed by atoms with van der Waals surface area (Å²) in [5.41, 5.74) is -0.124. The fourth-order valence-electron chi connectivity index (χ4n) is 3.65. The van der Waals surface area contributed by atoms with Crippen LogP contribution >= 0.6 is 0 Å². The molecule has 1 aromatic carbocycles. The van der Waals surface area contributed by atoms with Crippen LogP contribution < -0.4 is 0 Å². The van der Waals surface area contributed by atoms with Gasteiger partial charge in [-0.05, 0) is 32.8 Å². The summed E-state index contributed by atoms with van der Waals surface area (Å²) >= 11 is 0. The van der Waals surface area contributed by atoms with Crippen LogP contribution in [0.4, 0.5) is 4.79 Å². The third-order valence-electron chi connectivity index (χ3n) is 4.88. The molecule has 0 saturated carbocycles. The van der Waals surface area contributed by atoms with Crippen molar-refractivity contribution in [2.24, 2.45) is 5.41 Å². The van der Waals surface area contributed by atoms with E-state index in [1.54, 1.807) is 9.80 Å². The Morgan fingerprint density at radius 1 is 1.28 bits per heavy atom. The molecule has 2 aliphatic rings. The maximum Gasteiger partial charge on any atom is 0.410 e. The number of amides is 2. The van der Waals surface area contributed by atoms with Crippen molar-refractivity contribution < 1.29 is 19.4 Å². The van der Waals surface area contributed by atoms with E-state index in [-0.39, 0.29) is 12.0 Å². The van der Waals surface area contributed by atoms with E-state index in [4.69, 9.17) is 4.74 Å². The molecule has 1 aromatic rings. The van der Waals surface area contributed by atoms with E-state index < -0.39 is 17.1 Å². The summed E-state index contributed by atoms with van der Waals surface area (Å²) in [6.45, 7) is 7.26. The second-order valence-corrected chi connectivity index (χ2v) is 8.10. The highest BCUT2D eigenvalue weighted by molar-refractivity contribution is 5.84. The lowest BCUT2D eigenvalue weighted by Crippen LogP contribution is -2.41. The normalized spacial score (nSPS) is 26.6. The summed E-state index contributed by atoms with van der Waals surface area (Å²) in [4.78, 5) is 28.1. The molecule has 0 aromatic heterocycles. The SMILES string of the molecule is CC(C)(C)OC(=O)N1CCC2(C1)CN(Cc1ccccc1)C(=O)C2O. The van der Waals surface area contributed by atoms with Crippen LogP contribution in [0.5, 0.6) is 0 Å². The zero-order valence-electron chi connectivity index (χ0n) is 15.1. The van der Waals surface area contributed by atoms with Crippen LogP contribution in [0.2, 0.25) is 0 Å². The van der Waals surface area contributed by atoms with Gasteiger partial charge in [-0.3, -0.25) is 4.79 Å². The maximum absolute atomic E-state index is 12.5. The van der Waals surface area contributed by atoms with Crippen molar-refractivity contribution in [2.75, 3.05) is 19.6 Å². The molecular weight excluding hydrogens is 320 g/mol. The zero-order chi connectivity index (χ0) is 18.2. The number of aliphatic hydroxyl groups is 1. The number of hydrogen-bond donors (Lipinski definition) is 1. The van der Waals surface area contributed by atoms with Crippen LogP contribution in [0.15, 0.2) is 30.3 Å². The highest BCUT2D eigenvalue weighted by Crippen LogP contribution is 2.41. The predicted molar refractivity (Wildman–Crippen MR) is 92.7 cm³/mol. The number of benzene rings is 1. The first-order valence-corrected chi connectivity index (χ1v) is 8.69. The second-order valence-electron chi connectivity index (χ2n) is 8.10. The van der Waals surface area contributed by atoms with E-state index in [1.165, 1.54) is 0 Å². The Morgan fingerprint density at radius 3 is 2.60 bits per heavy atom. The van der Waals surface area contributed by atoms with Gasteiger partial charge in [0.1, 0.15) is 11.7 Å². The molecular formula is C19H26N2O4. The third-order valence-corrected chi connectivity index (χ3v) is 4.88. The molecule has 2 atom stereocenters. The molecule has 2 aliphatic heterocycles. The van der Waals surface area contributed by atoms with Gasteiger partial charge in [-0.25, -0.2) is 4.79 Å². The number of rotatable bonds is 2. The van der Waals surface area contributed by atoms with Gasteiger partial charge in [0.25, 0.3) is 5.91 Å². The van der Waals surface area contributed by atoms with Gasteiger partial charge >= 0.3 is 6.09 Å². The van der Waals surface area contributed by atoms with Crippen molar-refractivity contribution >= 4 is 12.0 Å². The van der Waals surface area contributed by atoms with Gasteiger partial charge in [-0.2, -0.15) is 0 Å². The molecule has 0 bridgehead atoms. The lowest BCUT2D eigenvalue weighted by Gasteiger charge is -2.28. The topological polar surface area (TPSA) is 70.1 Å². The maximum atomic E-state index is 12.5. The minimum atomic E-state index is -1.07. The molecule has 3 rings (SSSR count). The standard InChI is InChI=1S/C19H26N2O4/c1-18(2,3)25-17(24)20-10-9-19(12-20)13-21(16(23)15(19)22)11-14-7-5-4-6-8-14/h4-8,15,22H,9-13H2,1-3H3. The first kappa shape index (κ1) is 17.7.